The van der Waals surface area contributed by atoms with Gasteiger partial charge in [-0.15, -0.1) is 12.4 Å². The van der Waals surface area contributed by atoms with Crippen LogP contribution in [0.15, 0.2) is 18.2 Å². The molecule has 1 aromatic heterocycles. The summed E-state index contributed by atoms with van der Waals surface area (Å²) in [6, 6.07) is 5.19. The van der Waals surface area contributed by atoms with Gasteiger partial charge >= 0.3 is 0 Å². The molecule has 0 radical (unpaired) electrons. The summed E-state index contributed by atoms with van der Waals surface area (Å²) < 4.78 is 0. The first-order valence-corrected chi connectivity index (χ1v) is 6.08. The van der Waals surface area contributed by atoms with Crippen LogP contribution in [-0.2, 0) is 0 Å². The molecular formula is C13H20ClN3O. The van der Waals surface area contributed by atoms with E-state index in [1.165, 1.54) is 6.42 Å². The molecule has 5 heteroatoms. The summed E-state index contributed by atoms with van der Waals surface area (Å²) in [4.78, 5) is 18.2. The lowest BCUT2D eigenvalue weighted by Crippen LogP contribution is -2.42. The molecule has 2 N–H and O–H groups in total. The Morgan fingerprint density at radius 1 is 1.33 bits per heavy atom. The van der Waals surface area contributed by atoms with E-state index in [1.807, 2.05) is 4.90 Å². The highest BCUT2D eigenvalue weighted by molar-refractivity contribution is 5.92. The van der Waals surface area contributed by atoms with Crippen LogP contribution in [0.2, 0.25) is 0 Å². The number of likely N-dealkylation sites (tertiary alicyclic amines) is 1. The molecule has 1 fully saturated rings. The molecule has 0 aromatic carbocycles. The van der Waals surface area contributed by atoms with Crippen LogP contribution in [0, 0.1) is 11.8 Å². The van der Waals surface area contributed by atoms with Crippen molar-refractivity contribution < 1.29 is 4.79 Å². The molecule has 18 heavy (non-hydrogen) atoms. The summed E-state index contributed by atoms with van der Waals surface area (Å²) in [5.74, 6) is 1.51. The maximum absolute atomic E-state index is 12.3. The molecule has 1 aliphatic heterocycles. The molecule has 1 aliphatic rings. The van der Waals surface area contributed by atoms with Gasteiger partial charge in [-0.3, -0.25) is 4.79 Å². The minimum atomic E-state index is -0.00398. The molecule has 2 heterocycles. The number of piperidine rings is 1. The predicted molar refractivity (Wildman–Crippen MR) is 74.7 cm³/mol. The number of anilines is 1. The molecule has 0 aliphatic carbocycles. The van der Waals surface area contributed by atoms with Crippen LogP contribution in [0.3, 0.4) is 0 Å². The van der Waals surface area contributed by atoms with Gasteiger partial charge in [0.15, 0.2) is 0 Å². The Balaban J connectivity index is 0.00000162. The van der Waals surface area contributed by atoms with E-state index in [9.17, 15) is 4.79 Å². The Morgan fingerprint density at radius 2 is 1.94 bits per heavy atom. The quantitative estimate of drug-likeness (QED) is 0.850. The van der Waals surface area contributed by atoms with Crippen LogP contribution >= 0.6 is 12.4 Å². The summed E-state index contributed by atoms with van der Waals surface area (Å²) in [6.07, 6.45) is 1.19. The molecule has 100 valence electrons. The van der Waals surface area contributed by atoms with E-state index in [1.54, 1.807) is 18.2 Å². The third kappa shape index (κ3) is 3.35. The van der Waals surface area contributed by atoms with Gasteiger partial charge in [0.05, 0.1) is 0 Å². The number of nitrogens with two attached hydrogens (primary N) is 1. The molecule has 1 aromatic rings. The smallest absolute Gasteiger partial charge is 0.272 e. The average Bonchev–Trinajstić information content (AvgIpc) is 2.26. The number of rotatable bonds is 1. The normalized spacial score (nSPS) is 23.3. The van der Waals surface area contributed by atoms with Gasteiger partial charge in [-0.1, -0.05) is 19.9 Å². The Kier molecular flexibility index (Phi) is 4.96. The van der Waals surface area contributed by atoms with Gasteiger partial charge in [0.2, 0.25) is 0 Å². The van der Waals surface area contributed by atoms with Crippen LogP contribution in [0.4, 0.5) is 5.82 Å². The highest BCUT2D eigenvalue weighted by atomic mass is 35.5. The van der Waals surface area contributed by atoms with Crippen molar-refractivity contribution in [3.63, 3.8) is 0 Å². The molecule has 0 spiro atoms. The van der Waals surface area contributed by atoms with Gasteiger partial charge < -0.3 is 10.6 Å². The van der Waals surface area contributed by atoms with E-state index in [-0.39, 0.29) is 18.3 Å². The number of nitrogen functional groups attached to an aromatic ring is 1. The van der Waals surface area contributed by atoms with Crippen molar-refractivity contribution in [2.45, 2.75) is 20.3 Å². The predicted octanol–water partition coefficient (Wildman–Crippen LogP) is 2.20. The number of aromatic nitrogens is 1. The van der Waals surface area contributed by atoms with E-state index < -0.39 is 0 Å². The third-order valence-corrected chi connectivity index (χ3v) is 3.15. The van der Waals surface area contributed by atoms with Crippen LogP contribution in [0.5, 0.6) is 0 Å². The summed E-state index contributed by atoms with van der Waals surface area (Å²) in [6.45, 7) is 6.00. The standard InChI is InChI=1S/C13H19N3O.ClH/c1-9-6-10(2)8-16(7-9)13(17)11-4-3-5-12(14)15-11;/h3-5,9-10H,6-8H2,1-2H3,(H2,14,15);1H. The summed E-state index contributed by atoms with van der Waals surface area (Å²) in [5, 5.41) is 0. The van der Waals surface area contributed by atoms with E-state index in [2.05, 4.69) is 18.8 Å². The van der Waals surface area contributed by atoms with E-state index in [4.69, 9.17) is 5.73 Å². The first-order chi connectivity index (χ1) is 8.06. The van der Waals surface area contributed by atoms with Crippen molar-refractivity contribution in [2.24, 2.45) is 11.8 Å². The van der Waals surface area contributed by atoms with Crippen LogP contribution in [-0.4, -0.2) is 28.9 Å². The van der Waals surface area contributed by atoms with Crippen molar-refractivity contribution in [2.75, 3.05) is 18.8 Å². The number of hydrogen-bond donors (Lipinski definition) is 1. The summed E-state index contributed by atoms with van der Waals surface area (Å²) in [5.41, 5.74) is 6.05. The number of pyridine rings is 1. The highest BCUT2D eigenvalue weighted by Crippen LogP contribution is 2.22. The van der Waals surface area contributed by atoms with Crippen molar-refractivity contribution in [1.29, 1.82) is 0 Å². The Labute approximate surface area is 114 Å². The number of carbonyl (C=O) groups excluding carboxylic acids is 1. The fraction of sp³-hybridized carbons (Fsp3) is 0.538. The lowest BCUT2D eigenvalue weighted by atomic mass is 9.92. The SMILES string of the molecule is CC1CC(C)CN(C(=O)c2cccc(N)n2)C1.Cl. The zero-order valence-corrected chi connectivity index (χ0v) is 11.6. The second-order valence-corrected chi connectivity index (χ2v) is 5.10. The fourth-order valence-corrected chi connectivity index (χ4v) is 2.56. The number of carbonyl (C=O) groups is 1. The van der Waals surface area contributed by atoms with Gasteiger partial charge in [0.25, 0.3) is 5.91 Å². The zero-order valence-electron chi connectivity index (χ0n) is 10.8. The first kappa shape index (κ1) is 14.8. The van der Waals surface area contributed by atoms with Crippen molar-refractivity contribution in [3.8, 4) is 0 Å². The van der Waals surface area contributed by atoms with Gasteiger partial charge in [-0.05, 0) is 30.4 Å². The van der Waals surface area contributed by atoms with E-state index >= 15 is 0 Å². The maximum Gasteiger partial charge on any atom is 0.272 e. The second kappa shape index (κ2) is 6.05. The van der Waals surface area contributed by atoms with Gasteiger partial charge in [0.1, 0.15) is 11.5 Å². The third-order valence-electron chi connectivity index (χ3n) is 3.15. The Bertz CT molecular complexity index is 414. The highest BCUT2D eigenvalue weighted by Gasteiger charge is 2.26. The molecule has 1 saturated heterocycles. The monoisotopic (exact) mass is 269 g/mol. The molecule has 1 amide bonds. The number of halogens is 1. The van der Waals surface area contributed by atoms with Crippen LogP contribution in [0.1, 0.15) is 30.8 Å². The number of nitrogens with zero attached hydrogens (tertiary/aromatic N) is 2. The van der Waals surface area contributed by atoms with Gasteiger partial charge in [-0.25, -0.2) is 4.98 Å². The van der Waals surface area contributed by atoms with E-state index in [0.717, 1.165) is 13.1 Å². The fourth-order valence-electron chi connectivity index (χ4n) is 2.56. The van der Waals surface area contributed by atoms with Crippen molar-refractivity contribution in [3.05, 3.63) is 23.9 Å². The summed E-state index contributed by atoms with van der Waals surface area (Å²) >= 11 is 0. The number of amides is 1. The molecular weight excluding hydrogens is 250 g/mol. The van der Waals surface area contributed by atoms with Crippen molar-refractivity contribution >= 4 is 24.1 Å². The maximum atomic E-state index is 12.3. The lowest BCUT2D eigenvalue weighted by molar-refractivity contribution is 0.0617. The van der Waals surface area contributed by atoms with Gasteiger partial charge in [0, 0.05) is 13.1 Å². The van der Waals surface area contributed by atoms with E-state index in [0.29, 0.717) is 23.3 Å². The molecule has 0 saturated carbocycles. The molecule has 2 atom stereocenters. The molecule has 0 bridgehead atoms. The topological polar surface area (TPSA) is 59.2 Å². The Morgan fingerprint density at radius 3 is 2.50 bits per heavy atom. The minimum Gasteiger partial charge on any atom is -0.384 e. The average molecular weight is 270 g/mol. The molecule has 2 unspecified atom stereocenters. The van der Waals surface area contributed by atoms with Crippen LogP contribution < -0.4 is 5.73 Å². The lowest BCUT2D eigenvalue weighted by Gasteiger charge is -2.34. The minimum absolute atomic E-state index is 0. The Hall–Kier alpha value is -1.29. The number of hydrogen-bond acceptors (Lipinski definition) is 3. The summed E-state index contributed by atoms with van der Waals surface area (Å²) in [7, 11) is 0. The first-order valence-electron chi connectivity index (χ1n) is 6.08. The van der Waals surface area contributed by atoms with Crippen LogP contribution in [0.25, 0.3) is 0 Å². The molecule has 4 nitrogen and oxygen atoms in total. The van der Waals surface area contributed by atoms with Crippen molar-refractivity contribution in [1.82, 2.24) is 9.88 Å². The second-order valence-electron chi connectivity index (χ2n) is 5.10. The van der Waals surface area contributed by atoms with Gasteiger partial charge in [-0.2, -0.15) is 0 Å². The largest absolute Gasteiger partial charge is 0.384 e. The molecule has 2 rings (SSSR count). The zero-order chi connectivity index (χ0) is 12.4.